The van der Waals surface area contributed by atoms with E-state index in [2.05, 4.69) is 17.2 Å². The average Bonchev–Trinajstić information content (AvgIpc) is 2.63. The lowest BCUT2D eigenvalue weighted by molar-refractivity contribution is 0.517. The van der Waals surface area contributed by atoms with E-state index in [9.17, 15) is 0 Å². The fourth-order valence-electron chi connectivity index (χ4n) is 1.76. The summed E-state index contributed by atoms with van der Waals surface area (Å²) < 4.78 is 1.69. The van der Waals surface area contributed by atoms with E-state index in [1.165, 1.54) is 5.56 Å². The minimum atomic E-state index is -0.190. The van der Waals surface area contributed by atoms with Crippen LogP contribution in [0.25, 0.3) is 5.69 Å². The van der Waals surface area contributed by atoms with E-state index in [0.717, 1.165) is 12.1 Å². The van der Waals surface area contributed by atoms with Gasteiger partial charge >= 0.3 is 0 Å². The highest BCUT2D eigenvalue weighted by Gasteiger charge is 2.11. The number of hydrogen-bond acceptors (Lipinski definition) is 2. The maximum Gasteiger partial charge on any atom is 0.132 e. The van der Waals surface area contributed by atoms with E-state index in [1.807, 2.05) is 26.0 Å². The van der Waals surface area contributed by atoms with Gasteiger partial charge in [0.05, 0.1) is 11.9 Å². The highest BCUT2D eigenvalue weighted by Crippen LogP contribution is 2.17. The fraction of sp³-hybridized carbons (Fsp3) is 0.308. The Balaban J connectivity index is 2.22. The standard InChI is InChI=1S/C13H16ClN3/c1-13(2,15)9-10-3-5-11(6-4-10)17-12(14)7-8-16-17/h3-8H,9,15H2,1-2H3. The zero-order valence-corrected chi connectivity index (χ0v) is 10.8. The second kappa shape index (κ2) is 4.51. The number of aromatic nitrogens is 2. The van der Waals surface area contributed by atoms with Crippen LogP contribution in [0.1, 0.15) is 19.4 Å². The number of benzene rings is 1. The van der Waals surface area contributed by atoms with Crippen LogP contribution in [0, 0.1) is 0 Å². The lowest BCUT2D eigenvalue weighted by Crippen LogP contribution is -2.34. The van der Waals surface area contributed by atoms with Crippen LogP contribution in [-0.2, 0) is 6.42 Å². The van der Waals surface area contributed by atoms with Crippen molar-refractivity contribution in [2.24, 2.45) is 5.73 Å². The van der Waals surface area contributed by atoms with Gasteiger partial charge in [0.2, 0.25) is 0 Å². The molecule has 2 N–H and O–H groups in total. The smallest absolute Gasteiger partial charge is 0.132 e. The van der Waals surface area contributed by atoms with Crippen molar-refractivity contribution in [3.8, 4) is 5.69 Å². The van der Waals surface area contributed by atoms with Gasteiger partial charge in [-0.1, -0.05) is 23.7 Å². The molecule has 0 atom stereocenters. The predicted octanol–water partition coefficient (Wildman–Crippen LogP) is 2.81. The molecule has 0 saturated carbocycles. The molecule has 0 aliphatic heterocycles. The summed E-state index contributed by atoms with van der Waals surface area (Å²) in [4.78, 5) is 0. The van der Waals surface area contributed by atoms with Gasteiger partial charge in [-0.2, -0.15) is 5.10 Å². The van der Waals surface area contributed by atoms with Crippen molar-refractivity contribution in [1.29, 1.82) is 0 Å². The summed E-state index contributed by atoms with van der Waals surface area (Å²) >= 11 is 6.00. The normalized spacial score (nSPS) is 11.8. The summed E-state index contributed by atoms with van der Waals surface area (Å²) in [6.45, 7) is 4.04. The molecular formula is C13H16ClN3. The number of hydrogen-bond donors (Lipinski definition) is 1. The molecular weight excluding hydrogens is 234 g/mol. The van der Waals surface area contributed by atoms with Gasteiger partial charge in [0.25, 0.3) is 0 Å². The zero-order chi connectivity index (χ0) is 12.5. The molecule has 0 unspecified atom stereocenters. The molecule has 0 saturated heterocycles. The van der Waals surface area contributed by atoms with Crippen molar-refractivity contribution in [3.63, 3.8) is 0 Å². The summed E-state index contributed by atoms with van der Waals surface area (Å²) in [6.07, 6.45) is 2.53. The topological polar surface area (TPSA) is 43.8 Å². The van der Waals surface area contributed by atoms with Crippen molar-refractivity contribution in [1.82, 2.24) is 9.78 Å². The maximum atomic E-state index is 6.00. The van der Waals surface area contributed by atoms with Crippen LogP contribution in [0.3, 0.4) is 0 Å². The molecule has 2 rings (SSSR count). The van der Waals surface area contributed by atoms with E-state index >= 15 is 0 Å². The Labute approximate surface area is 106 Å². The summed E-state index contributed by atoms with van der Waals surface area (Å²) in [5.41, 5.74) is 7.97. The Bertz CT molecular complexity index is 494. The summed E-state index contributed by atoms with van der Waals surface area (Å²) in [5, 5.41) is 4.76. The lowest BCUT2D eigenvalue weighted by Gasteiger charge is -2.18. The molecule has 0 amide bonds. The first-order valence-electron chi connectivity index (χ1n) is 5.53. The third kappa shape index (κ3) is 3.08. The first-order chi connectivity index (χ1) is 7.96. The van der Waals surface area contributed by atoms with E-state index in [4.69, 9.17) is 17.3 Å². The molecule has 0 spiro atoms. The van der Waals surface area contributed by atoms with Crippen LogP contribution in [0.15, 0.2) is 36.5 Å². The van der Waals surface area contributed by atoms with Crippen molar-refractivity contribution in [2.45, 2.75) is 25.8 Å². The molecule has 2 aromatic rings. The highest BCUT2D eigenvalue weighted by molar-refractivity contribution is 6.29. The van der Waals surface area contributed by atoms with Crippen LogP contribution in [-0.4, -0.2) is 15.3 Å². The molecule has 0 radical (unpaired) electrons. The molecule has 1 heterocycles. The van der Waals surface area contributed by atoms with E-state index < -0.39 is 0 Å². The van der Waals surface area contributed by atoms with Crippen molar-refractivity contribution >= 4 is 11.6 Å². The van der Waals surface area contributed by atoms with Gasteiger partial charge in [0.1, 0.15) is 5.15 Å². The number of nitrogens with zero attached hydrogens (tertiary/aromatic N) is 2. The van der Waals surface area contributed by atoms with E-state index in [0.29, 0.717) is 5.15 Å². The second-order valence-electron chi connectivity index (χ2n) is 4.90. The van der Waals surface area contributed by atoms with Gasteiger partial charge < -0.3 is 5.73 Å². The Morgan fingerprint density at radius 1 is 1.24 bits per heavy atom. The molecule has 90 valence electrons. The molecule has 0 bridgehead atoms. The third-order valence-electron chi connectivity index (χ3n) is 2.44. The molecule has 3 nitrogen and oxygen atoms in total. The van der Waals surface area contributed by atoms with Crippen LogP contribution >= 0.6 is 11.6 Å². The molecule has 0 aliphatic rings. The van der Waals surface area contributed by atoms with Gasteiger partial charge in [-0.3, -0.25) is 0 Å². The molecule has 0 fully saturated rings. The fourth-order valence-corrected chi connectivity index (χ4v) is 1.96. The van der Waals surface area contributed by atoms with Gasteiger partial charge in [0.15, 0.2) is 0 Å². The van der Waals surface area contributed by atoms with Crippen LogP contribution < -0.4 is 5.73 Å². The minimum absolute atomic E-state index is 0.190. The Hall–Kier alpha value is -1.32. The Morgan fingerprint density at radius 3 is 2.35 bits per heavy atom. The molecule has 17 heavy (non-hydrogen) atoms. The molecule has 0 aliphatic carbocycles. The maximum absolute atomic E-state index is 6.00. The molecule has 1 aromatic heterocycles. The Kier molecular flexibility index (Phi) is 3.22. The lowest BCUT2D eigenvalue weighted by atomic mass is 9.96. The highest BCUT2D eigenvalue weighted by atomic mass is 35.5. The first kappa shape index (κ1) is 12.1. The number of nitrogens with two attached hydrogens (primary N) is 1. The summed E-state index contributed by atoms with van der Waals surface area (Å²) in [6, 6.07) is 9.88. The minimum Gasteiger partial charge on any atom is -0.325 e. The van der Waals surface area contributed by atoms with Gasteiger partial charge in [-0.25, -0.2) is 4.68 Å². The second-order valence-corrected chi connectivity index (χ2v) is 5.28. The van der Waals surface area contributed by atoms with Crippen molar-refractivity contribution in [3.05, 3.63) is 47.2 Å². The number of rotatable bonds is 3. The van der Waals surface area contributed by atoms with Crippen LogP contribution in [0.5, 0.6) is 0 Å². The van der Waals surface area contributed by atoms with Crippen LogP contribution in [0.2, 0.25) is 5.15 Å². The van der Waals surface area contributed by atoms with E-state index in [1.54, 1.807) is 16.9 Å². The first-order valence-corrected chi connectivity index (χ1v) is 5.91. The SMILES string of the molecule is CC(C)(N)Cc1ccc(-n2nccc2Cl)cc1. The molecule has 1 aromatic carbocycles. The zero-order valence-electron chi connectivity index (χ0n) is 10.0. The van der Waals surface area contributed by atoms with Gasteiger partial charge in [-0.15, -0.1) is 0 Å². The van der Waals surface area contributed by atoms with Crippen molar-refractivity contribution in [2.75, 3.05) is 0 Å². The average molecular weight is 250 g/mol. The summed E-state index contributed by atoms with van der Waals surface area (Å²) in [5.74, 6) is 0. The largest absolute Gasteiger partial charge is 0.325 e. The molecule has 4 heteroatoms. The third-order valence-corrected chi connectivity index (χ3v) is 2.72. The van der Waals surface area contributed by atoms with Gasteiger partial charge in [-0.05, 0) is 44.0 Å². The van der Waals surface area contributed by atoms with Crippen molar-refractivity contribution < 1.29 is 0 Å². The Morgan fingerprint density at radius 2 is 1.88 bits per heavy atom. The van der Waals surface area contributed by atoms with E-state index in [-0.39, 0.29) is 5.54 Å². The number of halogens is 1. The predicted molar refractivity (Wildman–Crippen MR) is 70.5 cm³/mol. The van der Waals surface area contributed by atoms with Crippen LogP contribution in [0.4, 0.5) is 0 Å². The monoisotopic (exact) mass is 249 g/mol. The quantitative estimate of drug-likeness (QED) is 0.909. The summed E-state index contributed by atoms with van der Waals surface area (Å²) in [7, 11) is 0. The van der Waals surface area contributed by atoms with Gasteiger partial charge in [0, 0.05) is 5.54 Å².